The number of ether oxygens (including phenoxy) is 1. The monoisotopic (exact) mass is 417 g/mol. The topological polar surface area (TPSA) is 29.5 Å². The van der Waals surface area contributed by atoms with Crippen molar-refractivity contribution >= 4 is 37.8 Å². The van der Waals surface area contributed by atoms with Crippen molar-refractivity contribution in [2.75, 3.05) is 0 Å². The van der Waals surface area contributed by atoms with Gasteiger partial charge in [0.1, 0.15) is 5.75 Å². The summed E-state index contributed by atoms with van der Waals surface area (Å²) in [4.78, 5) is 14.7. The second-order valence-electron chi connectivity index (χ2n) is 5.71. The molecule has 3 unspecified atom stereocenters. The Balaban J connectivity index is 2.08. The van der Waals surface area contributed by atoms with E-state index >= 15 is 0 Å². The molecule has 2 rings (SSSR count). The molecule has 0 radical (unpaired) electrons. The quantitative estimate of drug-likeness (QED) is 0.707. The van der Waals surface area contributed by atoms with Gasteiger partial charge in [0.2, 0.25) is 0 Å². The molecule has 3 atom stereocenters. The van der Waals surface area contributed by atoms with Crippen LogP contribution >= 0.6 is 31.9 Å². The standard InChI is InChI=1S/C16H21Br2NO2/c1-10-5-4-6-11(2)19(10)16(20)12(3)21-15-8-7-13(17)9-14(15)18/h7-12H,4-6H2,1-3H3. The number of likely N-dealkylation sites (tertiary alicyclic amines) is 1. The highest BCUT2D eigenvalue weighted by Gasteiger charge is 2.32. The number of amides is 1. The number of hydrogen-bond acceptors (Lipinski definition) is 2. The zero-order valence-electron chi connectivity index (χ0n) is 12.6. The molecule has 21 heavy (non-hydrogen) atoms. The second-order valence-corrected chi connectivity index (χ2v) is 7.48. The van der Waals surface area contributed by atoms with Gasteiger partial charge in [-0.3, -0.25) is 4.79 Å². The van der Waals surface area contributed by atoms with E-state index in [9.17, 15) is 4.79 Å². The molecule has 0 N–H and O–H groups in total. The minimum Gasteiger partial charge on any atom is -0.480 e. The number of benzene rings is 1. The second kappa shape index (κ2) is 7.14. The van der Waals surface area contributed by atoms with Crippen LogP contribution in [0.25, 0.3) is 0 Å². The first-order valence-corrected chi connectivity index (χ1v) is 8.92. The van der Waals surface area contributed by atoms with E-state index in [1.165, 1.54) is 6.42 Å². The lowest BCUT2D eigenvalue weighted by Crippen LogP contribution is -2.51. The van der Waals surface area contributed by atoms with Crippen LogP contribution in [0.1, 0.15) is 40.0 Å². The van der Waals surface area contributed by atoms with Crippen LogP contribution in [0.4, 0.5) is 0 Å². The van der Waals surface area contributed by atoms with Gasteiger partial charge in [0.05, 0.1) is 4.47 Å². The fourth-order valence-electron chi connectivity index (χ4n) is 2.88. The molecule has 0 aliphatic carbocycles. The first-order chi connectivity index (χ1) is 9.90. The van der Waals surface area contributed by atoms with Gasteiger partial charge < -0.3 is 9.64 Å². The van der Waals surface area contributed by atoms with Crippen molar-refractivity contribution < 1.29 is 9.53 Å². The van der Waals surface area contributed by atoms with E-state index in [0.717, 1.165) is 21.8 Å². The Morgan fingerprint density at radius 2 is 1.90 bits per heavy atom. The van der Waals surface area contributed by atoms with Gasteiger partial charge in [0, 0.05) is 16.6 Å². The molecule has 3 nitrogen and oxygen atoms in total. The van der Waals surface area contributed by atoms with Crippen LogP contribution in [0, 0.1) is 0 Å². The number of hydrogen-bond donors (Lipinski definition) is 0. The molecule has 1 heterocycles. The van der Waals surface area contributed by atoms with Crippen molar-refractivity contribution in [3.63, 3.8) is 0 Å². The summed E-state index contributed by atoms with van der Waals surface area (Å²) < 4.78 is 7.67. The van der Waals surface area contributed by atoms with E-state index in [1.54, 1.807) is 0 Å². The molecular weight excluding hydrogens is 398 g/mol. The first-order valence-electron chi connectivity index (χ1n) is 7.34. The third kappa shape index (κ3) is 4.01. The highest BCUT2D eigenvalue weighted by molar-refractivity contribution is 9.11. The van der Waals surface area contributed by atoms with Gasteiger partial charge in [-0.05, 0) is 74.2 Å². The van der Waals surface area contributed by atoms with Crippen LogP contribution < -0.4 is 4.74 Å². The maximum Gasteiger partial charge on any atom is 0.263 e. The van der Waals surface area contributed by atoms with Gasteiger partial charge >= 0.3 is 0 Å². The summed E-state index contributed by atoms with van der Waals surface area (Å²) in [6.45, 7) is 6.07. The number of carbonyl (C=O) groups excluding carboxylic acids is 1. The van der Waals surface area contributed by atoms with Crippen molar-refractivity contribution in [1.82, 2.24) is 4.90 Å². The molecule has 0 bridgehead atoms. The van der Waals surface area contributed by atoms with Crippen LogP contribution in [0.5, 0.6) is 5.75 Å². The van der Waals surface area contributed by atoms with Crippen molar-refractivity contribution in [2.45, 2.75) is 58.2 Å². The number of nitrogens with zero attached hydrogens (tertiary/aromatic N) is 1. The van der Waals surface area contributed by atoms with Gasteiger partial charge in [0.15, 0.2) is 6.10 Å². The Morgan fingerprint density at radius 3 is 2.48 bits per heavy atom. The molecule has 5 heteroatoms. The molecule has 0 spiro atoms. The summed E-state index contributed by atoms with van der Waals surface area (Å²) in [6.07, 6.45) is 2.86. The van der Waals surface area contributed by atoms with E-state index in [-0.39, 0.29) is 5.91 Å². The van der Waals surface area contributed by atoms with Gasteiger partial charge in [-0.15, -0.1) is 0 Å². The molecular formula is C16H21Br2NO2. The molecule has 1 aromatic carbocycles. The summed E-state index contributed by atoms with van der Waals surface area (Å²) in [5, 5.41) is 0. The normalized spacial score (nSPS) is 23.8. The number of carbonyl (C=O) groups is 1. The van der Waals surface area contributed by atoms with Crippen molar-refractivity contribution in [1.29, 1.82) is 0 Å². The lowest BCUT2D eigenvalue weighted by molar-refractivity contribution is -0.144. The number of piperidine rings is 1. The Kier molecular flexibility index (Phi) is 5.72. The fraction of sp³-hybridized carbons (Fsp3) is 0.562. The predicted molar refractivity (Wildman–Crippen MR) is 91.6 cm³/mol. The van der Waals surface area contributed by atoms with E-state index in [0.29, 0.717) is 17.8 Å². The van der Waals surface area contributed by atoms with Gasteiger partial charge in [-0.1, -0.05) is 15.9 Å². The maximum atomic E-state index is 12.7. The molecule has 0 aromatic heterocycles. The molecule has 116 valence electrons. The zero-order valence-corrected chi connectivity index (χ0v) is 15.8. The molecule has 1 fully saturated rings. The average molecular weight is 419 g/mol. The Labute approximate surface area is 143 Å². The van der Waals surface area contributed by atoms with Crippen LogP contribution in [0.15, 0.2) is 27.1 Å². The largest absolute Gasteiger partial charge is 0.480 e. The third-order valence-electron chi connectivity index (χ3n) is 3.99. The highest BCUT2D eigenvalue weighted by atomic mass is 79.9. The van der Waals surface area contributed by atoms with Crippen molar-refractivity contribution in [3.8, 4) is 5.75 Å². The average Bonchev–Trinajstić information content (AvgIpc) is 2.41. The van der Waals surface area contributed by atoms with E-state index in [4.69, 9.17) is 4.74 Å². The molecule has 1 aliphatic heterocycles. The zero-order chi connectivity index (χ0) is 15.6. The molecule has 1 amide bonds. The Hall–Kier alpha value is -0.550. The minimum absolute atomic E-state index is 0.0736. The van der Waals surface area contributed by atoms with Crippen molar-refractivity contribution in [2.24, 2.45) is 0 Å². The van der Waals surface area contributed by atoms with E-state index < -0.39 is 6.10 Å². The van der Waals surface area contributed by atoms with Gasteiger partial charge in [-0.2, -0.15) is 0 Å². The van der Waals surface area contributed by atoms with Gasteiger partial charge in [0.25, 0.3) is 5.91 Å². The lowest BCUT2D eigenvalue weighted by Gasteiger charge is -2.40. The summed E-state index contributed by atoms with van der Waals surface area (Å²) in [5.74, 6) is 0.765. The van der Waals surface area contributed by atoms with Crippen LogP contribution in [-0.2, 0) is 4.79 Å². The van der Waals surface area contributed by atoms with Crippen LogP contribution in [-0.4, -0.2) is 29.0 Å². The molecule has 1 aromatic rings. The van der Waals surface area contributed by atoms with Crippen LogP contribution in [0.2, 0.25) is 0 Å². The van der Waals surface area contributed by atoms with Gasteiger partial charge in [-0.25, -0.2) is 0 Å². The Morgan fingerprint density at radius 1 is 1.29 bits per heavy atom. The minimum atomic E-state index is -0.481. The third-order valence-corrected chi connectivity index (χ3v) is 5.11. The van der Waals surface area contributed by atoms with E-state index in [1.807, 2.05) is 30.0 Å². The number of rotatable bonds is 3. The SMILES string of the molecule is CC(Oc1ccc(Br)cc1Br)C(=O)N1C(C)CCCC1C. The predicted octanol–water partition coefficient (Wildman–Crippen LogP) is 4.77. The number of halogens is 2. The molecule has 1 aliphatic rings. The summed E-state index contributed by atoms with van der Waals surface area (Å²) >= 11 is 6.87. The van der Waals surface area contributed by atoms with Crippen LogP contribution in [0.3, 0.4) is 0 Å². The summed E-state index contributed by atoms with van der Waals surface area (Å²) in [7, 11) is 0. The maximum absolute atomic E-state index is 12.7. The molecule has 0 saturated carbocycles. The summed E-state index contributed by atoms with van der Waals surface area (Å²) in [5.41, 5.74) is 0. The lowest BCUT2D eigenvalue weighted by atomic mass is 9.97. The summed E-state index contributed by atoms with van der Waals surface area (Å²) in [6, 6.07) is 6.27. The molecule has 1 saturated heterocycles. The smallest absolute Gasteiger partial charge is 0.263 e. The highest BCUT2D eigenvalue weighted by Crippen LogP contribution is 2.30. The van der Waals surface area contributed by atoms with Crippen molar-refractivity contribution in [3.05, 3.63) is 27.1 Å². The Bertz CT molecular complexity index is 511. The fourth-order valence-corrected chi connectivity index (χ4v) is 4.02. The first kappa shape index (κ1) is 16.8. The van der Waals surface area contributed by atoms with E-state index in [2.05, 4.69) is 45.7 Å².